The van der Waals surface area contributed by atoms with E-state index in [1.165, 1.54) is 100 Å². The summed E-state index contributed by atoms with van der Waals surface area (Å²) in [7, 11) is -0.917. The van der Waals surface area contributed by atoms with Crippen LogP contribution < -0.4 is 0 Å². The highest BCUT2D eigenvalue weighted by Crippen LogP contribution is 2.53. The first-order chi connectivity index (χ1) is 32.2. The van der Waals surface area contributed by atoms with Crippen molar-refractivity contribution in [1.29, 1.82) is 0 Å². The fraction of sp³-hybridized carbons (Fsp3) is 0.471. The van der Waals surface area contributed by atoms with Crippen molar-refractivity contribution in [3.8, 4) is 55.6 Å². The average molecular weight is 973 g/mol. The van der Waals surface area contributed by atoms with Crippen LogP contribution in [-0.4, -0.2) is 9.79 Å². The van der Waals surface area contributed by atoms with E-state index < -0.39 is 9.03 Å². The Morgan fingerprint density at radius 3 is 0.620 bits per heavy atom. The smallest absolute Gasteiger partial charge is 0.149 e. The van der Waals surface area contributed by atoms with Crippen molar-refractivity contribution in [3.63, 3.8) is 0 Å². The van der Waals surface area contributed by atoms with Crippen molar-refractivity contribution in [2.45, 2.75) is 209 Å². The van der Waals surface area contributed by atoms with Crippen LogP contribution in [0, 0.1) is 0 Å². The molecule has 0 amide bonds. The zero-order valence-electron chi connectivity index (χ0n) is 48.8. The Labute approximate surface area is 435 Å². The molecule has 0 radical (unpaired) electrons. The molecule has 0 fully saturated rings. The van der Waals surface area contributed by atoms with Gasteiger partial charge in [0.2, 0.25) is 0 Å². The van der Waals surface area contributed by atoms with Crippen molar-refractivity contribution >= 4 is 9.03 Å². The molecular weight excluding hydrogens is 880 g/mol. The van der Waals surface area contributed by atoms with Gasteiger partial charge in [-0.1, -0.05) is 275 Å². The molecule has 2 nitrogen and oxygen atoms in total. The van der Waals surface area contributed by atoms with Gasteiger partial charge in [0.1, 0.15) is 9.03 Å². The van der Waals surface area contributed by atoms with Crippen LogP contribution in [0.15, 0.2) is 109 Å². The van der Waals surface area contributed by atoms with Gasteiger partial charge in [0.15, 0.2) is 0 Å². The van der Waals surface area contributed by atoms with E-state index in [2.05, 4.69) is 275 Å². The molecule has 382 valence electrons. The molecule has 0 saturated heterocycles. The van der Waals surface area contributed by atoms with Gasteiger partial charge in [-0.2, -0.15) is 0 Å². The number of rotatable bonds is 5. The molecule has 0 saturated carbocycles. The molecule has 0 heterocycles. The van der Waals surface area contributed by atoms with E-state index in [0.717, 1.165) is 0 Å². The third-order valence-electron chi connectivity index (χ3n) is 14.3. The highest BCUT2D eigenvalue weighted by Gasteiger charge is 2.33. The lowest BCUT2D eigenvalue weighted by Crippen LogP contribution is -2.19. The predicted molar refractivity (Wildman–Crippen MR) is 316 cm³/mol. The highest BCUT2D eigenvalue weighted by atomic mass is 31.1. The Balaban J connectivity index is 0.00000305. The monoisotopic (exact) mass is 973 g/mol. The van der Waals surface area contributed by atoms with E-state index in [0.29, 0.717) is 0 Å². The van der Waals surface area contributed by atoms with Gasteiger partial charge in [0.25, 0.3) is 0 Å². The minimum atomic E-state index is -0.917. The van der Waals surface area contributed by atoms with Crippen molar-refractivity contribution in [2.24, 2.45) is 0 Å². The van der Waals surface area contributed by atoms with Gasteiger partial charge in [0.05, 0.1) is 0 Å². The van der Waals surface area contributed by atoms with Gasteiger partial charge >= 0.3 is 0 Å². The summed E-state index contributed by atoms with van der Waals surface area (Å²) in [4.78, 5) is 14.3. The van der Waals surface area contributed by atoms with Crippen molar-refractivity contribution in [1.82, 2.24) is 0 Å². The van der Waals surface area contributed by atoms with E-state index >= 15 is 0 Å². The minimum absolute atomic E-state index is 0.000441. The third-order valence-corrected chi connectivity index (χ3v) is 14.3. The SMILES string of the molecule is CC(C)(C)c1ccc(-c2cccc(-c3cccc(-c4ccc(C(C)(C)C)cc4C(C)(C)C)c3-c3ccc(C(C)(C)C)cc3C(C)(C)C)c2-c2ccc(C(C)(C)C)cc2C(C)(C)C)c(C(C)(C)C)c1.OPO. The molecule has 6 aromatic rings. The maximum absolute atomic E-state index is 7.15. The van der Waals surface area contributed by atoms with Crippen LogP contribution in [0.2, 0.25) is 0 Å². The molecule has 0 aliphatic rings. The van der Waals surface area contributed by atoms with Crippen LogP contribution in [-0.2, 0) is 43.3 Å². The molecule has 71 heavy (non-hydrogen) atoms. The van der Waals surface area contributed by atoms with Crippen molar-refractivity contribution in [2.75, 3.05) is 0 Å². The highest BCUT2D eigenvalue weighted by molar-refractivity contribution is 7.23. The maximum atomic E-state index is 7.15. The summed E-state index contributed by atoms with van der Waals surface area (Å²) in [5, 5.41) is 0. The van der Waals surface area contributed by atoms with Gasteiger partial charge < -0.3 is 9.79 Å². The van der Waals surface area contributed by atoms with Gasteiger partial charge in [-0.05, 0) is 143 Å². The molecule has 0 atom stereocenters. The lowest BCUT2D eigenvalue weighted by Gasteiger charge is -2.33. The minimum Gasteiger partial charge on any atom is -0.352 e. The fourth-order valence-electron chi connectivity index (χ4n) is 10.0. The summed E-state index contributed by atoms with van der Waals surface area (Å²) in [5.74, 6) is 0. The molecule has 0 aromatic heterocycles. The van der Waals surface area contributed by atoms with Crippen molar-refractivity contribution < 1.29 is 9.79 Å². The van der Waals surface area contributed by atoms with E-state index in [4.69, 9.17) is 9.79 Å². The molecule has 6 rings (SSSR count). The normalized spacial score (nSPS) is 13.3. The Kier molecular flexibility index (Phi) is 16.4. The average Bonchev–Trinajstić information content (AvgIpc) is 3.23. The molecule has 6 aromatic carbocycles. The van der Waals surface area contributed by atoms with Crippen LogP contribution in [0.5, 0.6) is 0 Å². The third kappa shape index (κ3) is 12.9. The number of hydrogen-bond acceptors (Lipinski definition) is 2. The Morgan fingerprint density at radius 1 is 0.239 bits per heavy atom. The summed E-state index contributed by atoms with van der Waals surface area (Å²) in [6.45, 7) is 56.8. The molecule has 2 N–H and O–H groups in total. The molecule has 0 aliphatic carbocycles. The molecular formula is C68H93O2P. The number of benzene rings is 6. The van der Waals surface area contributed by atoms with Gasteiger partial charge in [0, 0.05) is 0 Å². The van der Waals surface area contributed by atoms with Gasteiger partial charge in [-0.3, -0.25) is 0 Å². The summed E-state index contributed by atoms with van der Waals surface area (Å²) >= 11 is 0. The molecule has 0 bridgehead atoms. The van der Waals surface area contributed by atoms with E-state index in [-0.39, 0.29) is 43.3 Å². The van der Waals surface area contributed by atoms with Crippen LogP contribution in [0.4, 0.5) is 0 Å². The Bertz CT molecular complexity index is 2650. The first-order valence-electron chi connectivity index (χ1n) is 26.1. The predicted octanol–water partition coefficient (Wildman–Crippen LogP) is 19.9. The van der Waals surface area contributed by atoms with Gasteiger partial charge in [-0.25, -0.2) is 0 Å². The lowest BCUT2D eigenvalue weighted by atomic mass is 9.71. The second kappa shape index (κ2) is 20.2. The van der Waals surface area contributed by atoms with Gasteiger partial charge in [-0.15, -0.1) is 0 Å². The summed E-state index contributed by atoms with van der Waals surface area (Å²) in [6.07, 6.45) is 0. The quantitative estimate of drug-likeness (QED) is 0.169. The maximum Gasteiger partial charge on any atom is 0.149 e. The molecule has 0 spiro atoms. The zero-order valence-corrected chi connectivity index (χ0v) is 49.8. The van der Waals surface area contributed by atoms with Crippen LogP contribution in [0.25, 0.3) is 55.6 Å². The van der Waals surface area contributed by atoms with Crippen LogP contribution >= 0.6 is 9.03 Å². The Morgan fingerprint density at radius 2 is 0.423 bits per heavy atom. The summed E-state index contributed by atoms with van der Waals surface area (Å²) in [6, 6.07) is 43.8. The van der Waals surface area contributed by atoms with E-state index in [9.17, 15) is 0 Å². The van der Waals surface area contributed by atoms with Crippen molar-refractivity contribution in [3.05, 3.63) is 154 Å². The first-order valence-corrected chi connectivity index (χ1v) is 27.0. The second-order valence-corrected chi connectivity index (χ2v) is 28.8. The number of hydrogen-bond donors (Lipinski definition) is 2. The summed E-state index contributed by atoms with van der Waals surface area (Å²) < 4.78 is 0. The van der Waals surface area contributed by atoms with E-state index in [1.54, 1.807) is 0 Å². The molecule has 0 aliphatic heterocycles. The largest absolute Gasteiger partial charge is 0.352 e. The zero-order chi connectivity index (χ0) is 53.8. The second-order valence-electron chi connectivity index (χ2n) is 28.6. The Hall–Kier alpha value is -4.33. The fourth-order valence-corrected chi connectivity index (χ4v) is 10.0. The standard InChI is InChI=1S/C68H90.H3O2P/c1-61(2,3)43-31-35-47(55(39-43)65(13,14)15)49-27-25-29-51(59(49)53-37-33-45(63(7,8)9)41-57(53)67(19,20)21)52-30-26-28-50(48-36-32-44(62(4,5)6)40-56(48)66(16,17)18)60(52)54-38-34-46(64(10,11)12)42-58(54)68(22,23)24;1-3-2/h25-42H,1-24H3;1-3H. The van der Waals surface area contributed by atoms with Crippen LogP contribution in [0.1, 0.15) is 211 Å². The lowest BCUT2D eigenvalue weighted by molar-refractivity contribution is 0.513. The molecule has 0 unspecified atom stereocenters. The van der Waals surface area contributed by atoms with E-state index in [1.807, 2.05) is 0 Å². The topological polar surface area (TPSA) is 40.5 Å². The summed E-state index contributed by atoms with van der Waals surface area (Å²) in [5.41, 5.74) is 23.4. The first kappa shape index (κ1) is 57.6. The van der Waals surface area contributed by atoms with Crippen LogP contribution in [0.3, 0.4) is 0 Å². The molecule has 3 heteroatoms.